The summed E-state index contributed by atoms with van der Waals surface area (Å²) in [5.41, 5.74) is 5.59. The number of amides is 1. The summed E-state index contributed by atoms with van der Waals surface area (Å²) in [5.74, 6) is 0.902. The van der Waals surface area contributed by atoms with E-state index in [1.165, 1.54) is 19.4 Å². The van der Waals surface area contributed by atoms with Crippen molar-refractivity contribution in [3.63, 3.8) is 0 Å². The number of aromatic nitrogens is 3. The molecule has 0 unspecified atom stereocenters. The third-order valence-electron chi connectivity index (χ3n) is 5.27. The molecule has 0 aliphatic heterocycles. The molecule has 3 aromatic carbocycles. The number of aromatic hydroxyl groups is 1. The van der Waals surface area contributed by atoms with Crippen LogP contribution in [0.2, 0.25) is 0 Å². The van der Waals surface area contributed by atoms with Gasteiger partial charge in [-0.1, -0.05) is 6.07 Å². The molecule has 0 fully saturated rings. The summed E-state index contributed by atoms with van der Waals surface area (Å²) in [6, 6.07) is 21.0. The van der Waals surface area contributed by atoms with Crippen LogP contribution in [0.25, 0.3) is 33.8 Å². The van der Waals surface area contributed by atoms with E-state index in [2.05, 4.69) is 25.7 Å². The van der Waals surface area contributed by atoms with Gasteiger partial charge < -0.3 is 14.3 Å². The number of hydrazone groups is 1. The van der Waals surface area contributed by atoms with Gasteiger partial charge in [-0.3, -0.25) is 9.78 Å². The number of nitrogens with zero attached hydrogens (tertiary/aromatic N) is 4. The molecule has 0 radical (unpaired) electrons. The highest BCUT2D eigenvalue weighted by Crippen LogP contribution is 2.26. The molecule has 0 atom stereocenters. The Morgan fingerprint density at radius 2 is 1.77 bits per heavy atom. The summed E-state index contributed by atoms with van der Waals surface area (Å²) in [7, 11) is 1.52. The number of phenols is 1. The van der Waals surface area contributed by atoms with Gasteiger partial charge in [-0.25, -0.2) is 5.43 Å². The Bertz CT molecular complexity index is 1540. The molecule has 35 heavy (non-hydrogen) atoms. The predicted octanol–water partition coefficient (Wildman–Crippen LogP) is 4.43. The van der Waals surface area contributed by atoms with Gasteiger partial charge in [0.2, 0.25) is 11.8 Å². The molecule has 2 heterocycles. The maximum absolute atomic E-state index is 12.4. The molecule has 2 N–H and O–H groups in total. The van der Waals surface area contributed by atoms with Crippen LogP contribution in [0.3, 0.4) is 0 Å². The lowest BCUT2D eigenvalue weighted by Crippen LogP contribution is -2.17. The Balaban J connectivity index is 1.27. The van der Waals surface area contributed by atoms with E-state index < -0.39 is 5.91 Å². The minimum absolute atomic E-state index is 0.0208. The summed E-state index contributed by atoms with van der Waals surface area (Å²) < 4.78 is 11.0. The van der Waals surface area contributed by atoms with Gasteiger partial charge in [-0.05, 0) is 66.7 Å². The number of fused-ring (bicyclic) bond motifs is 1. The smallest absolute Gasteiger partial charge is 0.271 e. The van der Waals surface area contributed by atoms with Crippen molar-refractivity contribution in [3.05, 3.63) is 90.1 Å². The molecule has 2 aromatic heterocycles. The number of methoxy groups -OCH3 is 1. The quantitative estimate of drug-likeness (QED) is 0.281. The summed E-state index contributed by atoms with van der Waals surface area (Å²) in [6.07, 6.45) is 3.08. The molecule has 5 aromatic rings. The zero-order valence-corrected chi connectivity index (χ0v) is 18.5. The molecule has 1 amide bonds. The fourth-order valence-corrected chi connectivity index (χ4v) is 3.42. The minimum atomic E-state index is -0.411. The van der Waals surface area contributed by atoms with Crippen molar-refractivity contribution in [2.45, 2.75) is 0 Å². The predicted molar refractivity (Wildman–Crippen MR) is 130 cm³/mol. The van der Waals surface area contributed by atoms with Crippen LogP contribution in [0.15, 0.2) is 88.5 Å². The Kier molecular flexibility index (Phi) is 5.87. The first-order valence-corrected chi connectivity index (χ1v) is 10.6. The van der Waals surface area contributed by atoms with E-state index in [1.54, 1.807) is 42.6 Å². The molecule has 0 aliphatic rings. The standard InChI is InChI=1S/C26H19N5O4/c1-34-21-9-11-23(32)20(14-21)15-28-29-24(33)16-4-6-17(7-5-16)25-30-31-26(35-25)19-8-10-22-18(13-19)3-2-12-27-22/h2-15,32H,1H3,(H,29,33)/b28-15+. The second-order valence-corrected chi connectivity index (χ2v) is 7.52. The molecule has 0 aliphatic carbocycles. The first kappa shape index (κ1) is 21.8. The molecule has 0 bridgehead atoms. The van der Waals surface area contributed by atoms with Gasteiger partial charge in [0.25, 0.3) is 5.91 Å². The molecule has 9 nitrogen and oxygen atoms in total. The van der Waals surface area contributed by atoms with E-state index >= 15 is 0 Å². The number of hydrogen-bond donors (Lipinski definition) is 2. The van der Waals surface area contributed by atoms with Gasteiger partial charge in [-0.2, -0.15) is 5.10 Å². The highest BCUT2D eigenvalue weighted by atomic mass is 16.5. The van der Waals surface area contributed by atoms with Crippen LogP contribution >= 0.6 is 0 Å². The first-order chi connectivity index (χ1) is 17.1. The zero-order chi connectivity index (χ0) is 24.2. The average molecular weight is 465 g/mol. The second-order valence-electron chi connectivity index (χ2n) is 7.52. The Morgan fingerprint density at radius 3 is 2.57 bits per heavy atom. The number of rotatable bonds is 6. The van der Waals surface area contributed by atoms with E-state index in [0.717, 1.165) is 16.5 Å². The summed E-state index contributed by atoms with van der Waals surface area (Å²) in [4.78, 5) is 16.7. The van der Waals surface area contributed by atoms with Crippen molar-refractivity contribution < 1.29 is 19.1 Å². The van der Waals surface area contributed by atoms with Crippen molar-refractivity contribution >= 4 is 23.0 Å². The van der Waals surface area contributed by atoms with E-state index in [9.17, 15) is 9.90 Å². The summed E-state index contributed by atoms with van der Waals surface area (Å²) in [6.45, 7) is 0. The third kappa shape index (κ3) is 4.69. The molecule has 9 heteroatoms. The maximum atomic E-state index is 12.4. The van der Waals surface area contributed by atoms with Crippen LogP contribution in [-0.2, 0) is 0 Å². The van der Waals surface area contributed by atoms with Crippen molar-refractivity contribution in [2.75, 3.05) is 7.11 Å². The van der Waals surface area contributed by atoms with E-state index in [4.69, 9.17) is 9.15 Å². The largest absolute Gasteiger partial charge is 0.507 e. The average Bonchev–Trinajstić information content (AvgIpc) is 3.40. The lowest BCUT2D eigenvalue weighted by molar-refractivity contribution is 0.0955. The molecule has 172 valence electrons. The molecular weight excluding hydrogens is 446 g/mol. The number of pyridine rings is 1. The van der Waals surface area contributed by atoms with E-state index in [-0.39, 0.29) is 5.75 Å². The topological polar surface area (TPSA) is 123 Å². The normalized spacial score (nSPS) is 11.1. The monoisotopic (exact) mass is 465 g/mol. The highest BCUT2D eigenvalue weighted by molar-refractivity contribution is 5.95. The first-order valence-electron chi connectivity index (χ1n) is 10.6. The fourth-order valence-electron chi connectivity index (χ4n) is 3.42. The van der Waals surface area contributed by atoms with Crippen LogP contribution in [0.4, 0.5) is 0 Å². The van der Waals surface area contributed by atoms with Crippen LogP contribution in [-0.4, -0.2) is 39.5 Å². The lowest BCUT2D eigenvalue weighted by Gasteiger charge is -2.03. The number of phenolic OH excluding ortho intramolecular Hbond substituents is 1. The van der Waals surface area contributed by atoms with E-state index in [1.807, 2.05) is 30.3 Å². The number of nitrogens with one attached hydrogen (secondary N) is 1. The van der Waals surface area contributed by atoms with Crippen LogP contribution in [0.5, 0.6) is 11.5 Å². The molecule has 0 saturated heterocycles. The Labute approximate surface area is 199 Å². The third-order valence-corrected chi connectivity index (χ3v) is 5.27. The number of benzene rings is 3. The van der Waals surface area contributed by atoms with Crippen molar-refractivity contribution in [1.29, 1.82) is 0 Å². The van der Waals surface area contributed by atoms with Gasteiger partial charge in [0, 0.05) is 33.8 Å². The SMILES string of the molecule is COc1ccc(O)c(/C=N/NC(=O)c2ccc(-c3nnc(-c4ccc5ncccc5c4)o3)cc2)c1. The summed E-state index contributed by atoms with van der Waals surface area (Å²) in [5, 5.41) is 23.1. The molecular formula is C26H19N5O4. The fraction of sp³-hybridized carbons (Fsp3) is 0.0385. The molecule has 5 rings (SSSR count). The van der Waals surface area contributed by atoms with Crippen LogP contribution in [0.1, 0.15) is 15.9 Å². The minimum Gasteiger partial charge on any atom is -0.507 e. The van der Waals surface area contributed by atoms with Gasteiger partial charge in [0.1, 0.15) is 11.5 Å². The molecule has 0 spiro atoms. The van der Waals surface area contributed by atoms with E-state index in [0.29, 0.717) is 34.2 Å². The lowest BCUT2D eigenvalue weighted by atomic mass is 10.1. The summed E-state index contributed by atoms with van der Waals surface area (Å²) >= 11 is 0. The van der Waals surface area contributed by atoms with Crippen molar-refractivity contribution in [1.82, 2.24) is 20.6 Å². The zero-order valence-electron chi connectivity index (χ0n) is 18.5. The second kappa shape index (κ2) is 9.44. The number of carbonyl (C=O) groups excluding carboxylic acids is 1. The van der Waals surface area contributed by atoms with Gasteiger partial charge in [-0.15, -0.1) is 10.2 Å². The Hall–Kier alpha value is -5.05. The highest BCUT2D eigenvalue weighted by Gasteiger charge is 2.12. The van der Waals surface area contributed by atoms with Crippen molar-refractivity contribution in [2.24, 2.45) is 5.10 Å². The Morgan fingerprint density at radius 1 is 1.00 bits per heavy atom. The molecule has 0 saturated carbocycles. The van der Waals surface area contributed by atoms with Gasteiger partial charge in [0.05, 0.1) is 18.8 Å². The maximum Gasteiger partial charge on any atom is 0.271 e. The van der Waals surface area contributed by atoms with Gasteiger partial charge >= 0.3 is 0 Å². The van der Waals surface area contributed by atoms with Gasteiger partial charge in [0.15, 0.2) is 0 Å². The number of hydrogen-bond acceptors (Lipinski definition) is 8. The van der Waals surface area contributed by atoms with Crippen LogP contribution < -0.4 is 10.2 Å². The number of ether oxygens (including phenoxy) is 1. The number of carbonyl (C=O) groups is 1. The van der Waals surface area contributed by atoms with Crippen molar-refractivity contribution in [3.8, 4) is 34.4 Å². The van der Waals surface area contributed by atoms with Crippen LogP contribution in [0, 0.1) is 0 Å².